The maximum Gasteiger partial charge on any atom is 0.353 e. The number of aromatic nitrogens is 4. The summed E-state index contributed by atoms with van der Waals surface area (Å²) < 4.78 is 37.9. The lowest BCUT2D eigenvalue weighted by atomic mass is 9.99. The number of aryl methyl sites for hydroxylation is 1. The number of anilines is 2. The van der Waals surface area contributed by atoms with Crippen molar-refractivity contribution in [2.75, 3.05) is 35.9 Å². The third-order valence-corrected chi connectivity index (χ3v) is 8.69. The summed E-state index contributed by atoms with van der Waals surface area (Å²) in [6, 6.07) is 15.8. The third kappa shape index (κ3) is 4.47. The van der Waals surface area contributed by atoms with Gasteiger partial charge in [-0.1, -0.05) is 25.1 Å². The van der Waals surface area contributed by atoms with Gasteiger partial charge in [0, 0.05) is 31.4 Å². The van der Waals surface area contributed by atoms with E-state index in [4.69, 9.17) is 4.74 Å². The number of methoxy groups -OCH3 is 1. The van der Waals surface area contributed by atoms with Gasteiger partial charge >= 0.3 is 21.9 Å². The summed E-state index contributed by atoms with van der Waals surface area (Å²) in [5.41, 5.74) is 3.48. The Kier molecular flexibility index (Phi) is 7.06. The molecule has 40 heavy (non-hydrogen) atoms. The van der Waals surface area contributed by atoms with Gasteiger partial charge < -0.3 is 10.1 Å². The van der Waals surface area contributed by atoms with Crippen molar-refractivity contribution in [2.24, 2.45) is 7.05 Å². The molecule has 3 heterocycles. The van der Waals surface area contributed by atoms with Crippen molar-refractivity contribution in [3.63, 3.8) is 0 Å². The summed E-state index contributed by atoms with van der Waals surface area (Å²) >= 11 is 0. The zero-order chi connectivity index (χ0) is 28.6. The molecule has 2 aromatic heterocycles. The molecular weight excluding hydrogens is 534 g/mol. The molecule has 1 N–H and O–H groups in total. The molecule has 13 heteroatoms. The van der Waals surface area contributed by atoms with Crippen LogP contribution < -0.4 is 24.4 Å². The number of benzene rings is 2. The Balaban J connectivity index is 1.50. The molecule has 0 bridgehead atoms. The van der Waals surface area contributed by atoms with Gasteiger partial charge in [0.1, 0.15) is 5.82 Å². The highest BCUT2D eigenvalue weighted by Gasteiger charge is 2.39. The summed E-state index contributed by atoms with van der Waals surface area (Å²) in [6.45, 7) is 2.37. The molecule has 0 atom stereocenters. The number of carbonyl (C=O) groups is 1. The SMILES string of the molecule is CCc1c(-c2ccc(-n3c(OC)nn(C)c3=O)cc2)ccnc1N1CCN(c2cccc(C(=O)NC)c2)S1(=O)=O. The number of nitrogens with one attached hydrogen (secondary N) is 1. The predicted octanol–water partition coefficient (Wildman–Crippen LogP) is 2.13. The van der Waals surface area contributed by atoms with Gasteiger partial charge in [0.2, 0.25) is 0 Å². The van der Waals surface area contributed by atoms with Crippen LogP contribution in [0.3, 0.4) is 0 Å². The van der Waals surface area contributed by atoms with E-state index < -0.39 is 10.2 Å². The number of hydrogen-bond acceptors (Lipinski definition) is 7. The van der Waals surface area contributed by atoms with Gasteiger partial charge in [0.25, 0.3) is 5.91 Å². The zero-order valence-electron chi connectivity index (χ0n) is 22.5. The van der Waals surface area contributed by atoms with E-state index in [0.29, 0.717) is 29.2 Å². The zero-order valence-corrected chi connectivity index (χ0v) is 23.3. The van der Waals surface area contributed by atoms with Crippen molar-refractivity contribution in [1.82, 2.24) is 24.6 Å². The van der Waals surface area contributed by atoms with Gasteiger partial charge in [0.15, 0.2) is 0 Å². The van der Waals surface area contributed by atoms with Crippen LogP contribution in [-0.4, -0.2) is 60.9 Å². The van der Waals surface area contributed by atoms with Crippen molar-refractivity contribution in [3.05, 3.63) is 82.4 Å². The Morgan fingerprint density at radius 3 is 2.45 bits per heavy atom. The fraction of sp³-hybridized carbons (Fsp3) is 0.259. The molecule has 2 aromatic carbocycles. The van der Waals surface area contributed by atoms with Gasteiger partial charge in [-0.2, -0.15) is 8.42 Å². The summed E-state index contributed by atoms with van der Waals surface area (Å²) in [5.74, 6) is 0.0648. The monoisotopic (exact) mass is 563 g/mol. The lowest BCUT2D eigenvalue weighted by Gasteiger charge is -2.23. The second kappa shape index (κ2) is 10.5. The molecule has 1 amide bonds. The number of pyridine rings is 1. The van der Waals surface area contributed by atoms with E-state index in [2.05, 4.69) is 15.4 Å². The van der Waals surface area contributed by atoms with Crippen molar-refractivity contribution < 1.29 is 17.9 Å². The normalized spacial score (nSPS) is 14.4. The number of hydrogen-bond donors (Lipinski definition) is 1. The molecule has 4 aromatic rings. The van der Waals surface area contributed by atoms with Gasteiger partial charge in [-0.3, -0.25) is 9.10 Å². The van der Waals surface area contributed by atoms with Gasteiger partial charge in [-0.25, -0.2) is 23.3 Å². The average Bonchev–Trinajstić information content (AvgIpc) is 3.45. The third-order valence-electron chi connectivity index (χ3n) is 6.82. The first kappa shape index (κ1) is 26.9. The van der Waals surface area contributed by atoms with E-state index >= 15 is 0 Å². The first-order valence-corrected chi connectivity index (χ1v) is 14.0. The summed E-state index contributed by atoms with van der Waals surface area (Å²) in [7, 11) is 0.568. The maximum atomic E-state index is 13.7. The molecule has 0 spiro atoms. The second-order valence-electron chi connectivity index (χ2n) is 9.07. The van der Waals surface area contributed by atoms with Crippen molar-refractivity contribution >= 4 is 27.6 Å². The van der Waals surface area contributed by atoms with E-state index in [1.165, 1.54) is 32.0 Å². The van der Waals surface area contributed by atoms with Crippen molar-refractivity contribution in [3.8, 4) is 22.8 Å². The van der Waals surface area contributed by atoms with E-state index in [1.54, 1.807) is 49.6 Å². The van der Waals surface area contributed by atoms with Crippen LogP contribution in [0.15, 0.2) is 65.6 Å². The predicted molar refractivity (Wildman–Crippen MR) is 151 cm³/mol. The molecule has 0 saturated carbocycles. The van der Waals surface area contributed by atoms with E-state index in [1.807, 2.05) is 25.1 Å². The minimum Gasteiger partial charge on any atom is -0.467 e. The fourth-order valence-corrected chi connectivity index (χ4v) is 6.47. The highest BCUT2D eigenvalue weighted by molar-refractivity contribution is 7.94. The minimum atomic E-state index is -3.96. The molecule has 12 nitrogen and oxygen atoms in total. The molecule has 0 unspecified atom stereocenters. The molecule has 1 aliphatic rings. The number of amides is 1. The minimum absolute atomic E-state index is 0.172. The number of rotatable bonds is 7. The standard InChI is InChI=1S/C27H29N7O5S/c1-5-22-23(18-9-11-20(12-10-18)34-26(39-4)30-31(3)27(34)36)13-14-29-24(22)33-16-15-32(40(33,37)38)21-8-6-7-19(17-21)25(35)28-2/h6-14,17H,5,15-16H2,1-4H3,(H,28,35). The van der Waals surface area contributed by atoms with Crippen molar-refractivity contribution in [2.45, 2.75) is 13.3 Å². The van der Waals surface area contributed by atoms with Gasteiger partial charge in [-0.15, -0.1) is 5.10 Å². The van der Waals surface area contributed by atoms with Gasteiger partial charge in [0.05, 0.1) is 31.6 Å². The second-order valence-corrected chi connectivity index (χ2v) is 10.8. The van der Waals surface area contributed by atoms with Crippen LogP contribution in [0.5, 0.6) is 6.01 Å². The van der Waals surface area contributed by atoms with Gasteiger partial charge in [-0.05, 0) is 53.9 Å². The Morgan fingerprint density at radius 1 is 1.05 bits per heavy atom. The summed E-state index contributed by atoms with van der Waals surface area (Å²) in [6.07, 6.45) is 2.13. The first-order chi connectivity index (χ1) is 19.2. The van der Waals surface area contributed by atoms with E-state index in [0.717, 1.165) is 16.7 Å². The van der Waals surface area contributed by atoms with Crippen molar-refractivity contribution in [1.29, 1.82) is 0 Å². The Bertz CT molecular complexity index is 1750. The molecule has 5 rings (SSSR count). The maximum absolute atomic E-state index is 13.7. The molecule has 1 aliphatic heterocycles. The van der Waals surface area contributed by atoms with Crippen LogP contribution in [0, 0.1) is 0 Å². The molecule has 1 saturated heterocycles. The first-order valence-electron chi connectivity index (χ1n) is 12.6. The lowest BCUT2D eigenvalue weighted by molar-refractivity contribution is 0.0963. The number of ether oxygens (including phenoxy) is 1. The molecular formula is C27H29N7O5S. The van der Waals surface area contributed by atoms with Crippen LogP contribution in [0.25, 0.3) is 16.8 Å². The van der Waals surface area contributed by atoms with E-state index in [-0.39, 0.29) is 30.7 Å². The fourth-order valence-electron chi connectivity index (χ4n) is 4.86. The summed E-state index contributed by atoms with van der Waals surface area (Å²) in [4.78, 5) is 29.1. The Morgan fingerprint density at radius 2 is 1.77 bits per heavy atom. The molecule has 0 radical (unpaired) electrons. The highest BCUT2D eigenvalue weighted by atomic mass is 32.2. The van der Waals surface area contributed by atoms with Crippen LogP contribution in [0.2, 0.25) is 0 Å². The number of carbonyl (C=O) groups excluding carboxylic acids is 1. The largest absolute Gasteiger partial charge is 0.467 e. The van der Waals surface area contributed by atoms with Crippen LogP contribution >= 0.6 is 0 Å². The average molecular weight is 564 g/mol. The topological polar surface area (TPSA) is 132 Å². The van der Waals surface area contributed by atoms with E-state index in [9.17, 15) is 18.0 Å². The number of nitrogens with zero attached hydrogens (tertiary/aromatic N) is 6. The molecule has 1 fully saturated rings. The lowest BCUT2D eigenvalue weighted by Crippen LogP contribution is -2.34. The van der Waals surface area contributed by atoms with Crippen LogP contribution in [-0.2, 0) is 23.7 Å². The molecule has 0 aliphatic carbocycles. The molecule has 208 valence electrons. The Labute approximate surface area is 231 Å². The quantitative estimate of drug-likeness (QED) is 0.364. The highest BCUT2D eigenvalue weighted by Crippen LogP contribution is 2.35. The summed E-state index contributed by atoms with van der Waals surface area (Å²) in [5, 5.41) is 6.64. The smallest absolute Gasteiger partial charge is 0.353 e. The van der Waals surface area contributed by atoms with Crippen LogP contribution in [0.1, 0.15) is 22.8 Å². The Hall–Kier alpha value is -4.65. The van der Waals surface area contributed by atoms with Crippen LogP contribution in [0.4, 0.5) is 11.5 Å².